The summed E-state index contributed by atoms with van der Waals surface area (Å²) in [5.41, 5.74) is 0.825. The monoisotopic (exact) mass is 471 g/mol. The van der Waals surface area contributed by atoms with Gasteiger partial charge in [0.25, 0.3) is 5.91 Å². The van der Waals surface area contributed by atoms with Crippen LogP contribution >= 0.6 is 0 Å². The highest BCUT2D eigenvalue weighted by Crippen LogP contribution is 2.17. The van der Waals surface area contributed by atoms with Crippen molar-refractivity contribution in [2.75, 3.05) is 25.1 Å². The van der Waals surface area contributed by atoms with E-state index in [0.717, 1.165) is 11.3 Å². The van der Waals surface area contributed by atoms with Gasteiger partial charge >= 0.3 is 6.09 Å². The number of amides is 3. The molecule has 0 heterocycles. The van der Waals surface area contributed by atoms with Crippen molar-refractivity contribution in [1.82, 2.24) is 10.6 Å². The molecule has 2 aromatic carbocycles. The van der Waals surface area contributed by atoms with Gasteiger partial charge in [-0.25, -0.2) is 4.79 Å². The van der Waals surface area contributed by atoms with Gasteiger partial charge in [0.05, 0.1) is 6.61 Å². The van der Waals surface area contributed by atoms with Gasteiger partial charge in [-0.15, -0.1) is 0 Å². The molecule has 34 heavy (non-hydrogen) atoms. The number of benzene rings is 2. The van der Waals surface area contributed by atoms with Crippen LogP contribution in [-0.2, 0) is 20.9 Å². The number of ether oxygens (including phenoxy) is 3. The van der Waals surface area contributed by atoms with E-state index in [-0.39, 0.29) is 37.9 Å². The van der Waals surface area contributed by atoms with E-state index in [1.165, 1.54) is 0 Å². The standard InChI is InChI=1S/C25H33N3O6/c1-5-32-20-9-11-21(12-10-20)33-17-23(30)28-19-8-6-7-18(15-19)16-27-22(29)13-14-26-24(31)34-25(2,3)4/h6-12,15H,5,13-14,16-17H2,1-4H3,(H,26,31)(H,27,29)(H,28,30). The molecular weight excluding hydrogens is 438 g/mol. The van der Waals surface area contributed by atoms with Gasteiger partial charge in [0.1, 0.15) is 17.1 Å². The first kappa shape index (κ1) is 26.5. The lowest BCUT2D eigenvalue weighted by molar-refractivity contribution is -0.121. The molecule has 2 aromatic rings. The quantitative estimate of drug-likeness (QED) is 0.461. The molecule has 0 saturated carbocycles. The van der Waals surface area contributed by atoms with Gasteiger partial charge in [-0.05, 0) is 69.7 Å². The summed E-state index contributed by atoms with van der Waals surface area (Å²) >= 11 is 0. The molecule has 2 rings (SSSR count). The van der Waals surface area contributed by atoms with Crippen LogP contribution in [0.2, 0.25) is 0 Å². The van der Waals surface area contributed by atoms with Gasteiger partial charge in [0, 0.05) is 25.2 Å². The number of alkyl carbamates (subject to hydrolysis) is 1. The van der Waals surface area contributed by atoms with Gasteiger partial charge in [-0.3, -0.25) is 9.59 Å². The highest BCUT2D eigenvalue weighted by atomic mass is 16.6. The fourth-order valence-corrected chi connectivity index (χ4v) is 2.79. The maximum atomic E-state index is 12.2. The molecule has 184 valence electrons. The summed E-state index contributed by atoms with van der Waals surface area (Å²) in [4.78, 5) is 35.8. The zero-order chi connectivity index (χ0) is 25.0. The minimum atomic E-state index is -0.589. The number of carbonyl (C=O) groups is 3. The Morgan fingerprint density at radius 3 is 2.21 bits per heavy atom. The van der Waals surface area contributed by atoms with Crippen LogP contribution in [0.4, 0.5) is 10.5 Å². The Morgan fingerprint density at radius 2 is 1.56 bits per heavy atom. The number of nitrogens with one attached hydrogen (secondary N) is 3. The largest absolute Gasteiger partial charge is 0.494 e. The second-order valence-electron chi connectivity index (χ2n) is 8.40. The van der Waals surface area contributed by atoms with Gasteiger partial charge in [-0.1, -0.05) is 12.1 Å². The minimum Gasteiger partial charge on any atom is -0.494 e. The molecule has 0 fully saturated rings. The average molecular weight is 472 g/mol. The molecule has 0 radical (unpaired) electrons. The lowest BCUT2D eigenvalue weighted by Gasteiger charge is -2.19. The Hall–Kier alpha value is -3.75. The third-order valence-electron chi connectivity index (χ3n) is 4.23. The molecule has 0 atom stereocenters. The lowest BCUT2D eigenvalue weighted by atomic mass is 10.2. The Labute approximate surface area is 200 Å². The number of hydrogen-bond donors (Lipinski definition) is 3. The van der Waals surface area contributed by atoms with Crippen LogP contribution in [0.15, 0.2) is 48.5 Å². The van der Waals surface area contributed by atoms with Crippen LogP contribution in [0.1, 0.15) is 39.7 Å². The van der Waals surface area contributed by atoms with Crippen molar-refractivity contribution in [2.45, 2.75) is 46.3 Å². The summed E-state index contributed by atoms with van der Waals surface area (Å²) in [5, 5.41) is 8.10. The molecular formula is C25H33N3O6. The van der Waals surface area contributed by atoms with Crippen LogP contribution in [-0.4, -0.2) is 43.3 Å². The van der Waals surface area contributed by atoms with E-state index >= 15 is 0 Å². The minimum absolute atomic E-state index is 0.124. The summed E-state index contributed by atoms with van der Waals surface area (Å²) in [5.74, 6) is 0.788. The normalized spacial score (nSPS) is 10.7. The number of anilines is 1. The first-order valence-corrected chi connectivity index (χ1v) is 11.1. The van der Waals surface area contributed by atoms with E-state index in [0.29, 0.717) is 18.0 Å². The molecule has 0 spiro atoms. The SMILES string of the molecule is CCOc1ccc(OCC(=O)Nc2cccc(CNC(=O)CCNC(=O)OC(C)(C)C)c2)cc1. The summed E-state index contributed by atoms with van der Waals surface area (Å²) < 4.78 is 16.0. The van der Waals surface area contributed by atoms with E-state index in [4.69, 9.17) is 14.2 Å². The van der Waals surface area contributed by atoms with Crippen molar-refractivity contribution in [3.8, 4) is 11.5 Å². The smallest absolute Gasteiger partial charge is 0.407 e. The second-order valence-corrected chi connectivity index (χ2v) is 8.40. The Kier molecular flexibility index (Phi) is 10.2. The Morgan fingerprint density at radius 1 is 0.882 bits per heavy atom. The van der Waals surface area contributed by atoms with Crippen molar-refractivity contribution >= 4 is 23.6 Å². The maximum absolute atomic E-state index is 12.2. The molecule has 9 heteroatoms. The number of carbonyl (C=O) groups excluding carboxylic acids is 3. The molecule has 3 N–H and O–H groups in total. The van der Waals surface area contributed by atoms with E-state index in [9.17, 15) is 14.4 Å². The molecule has 0 saturated heterocycles. The predicted octanol–water partition coefficient (Wildman–Crippen LogP) is 3.63. The summed E-state index contributed by atoms with van der Waals surface area (Å²) in [7, 11) is 0. The third kappa shape index (κ3) is 10.7. The molecule has 0 aliphatic rings. The average Bonchev–Trinajstić information content (AvgIpc) is 2.76. The van der Waals surface area contributed by atoms with Crippen LogP contribution in [0, 0.1) is 0 Å². The number of hydrogen-bond acceptors (Lipinski definition) is 6. The highest BCUT2D eigenvalue weighted by molar-refractivity contribution is 5.92. The zero-order valence-electron chi connectivity index (χ0n) is 20.1. The fraction of sp³-hybridized carbons (Fsp3) is 0.400. The Bertz CT molecular complexity index is 954. The van der Waals surface area contributed by atoms with Crippen LogP contribution < -0.4 is 25.4 Å². The molecule has 0 aliphatic heterocycles. The highest BCUT2D eigenvalue weighted by Gasteiger charge is 2.15. The van der Waals surface area contributed by atoms with Gasteiger partial charge in [-0.2, -0.15) is 0 Å². The van der Waals surface area contributed by atoms with Crippen LogP contribution in [0.25, 0.3) is 0 Å². The van der Waals surface area contributed by atoms with Crippen molar-refractivity contribution in [3.05, 3.63) is 54.1 Å². The Balaban J connectivity index is 1.71. The van der Waals surface area contributed by atoms with E-state index in [2.05, 4.69) is 16.0 Å². The van der Waals surface area contributed by atoms with Crippen molar-refractivity contribution in [2.24, 2.45) is 0 Å². The molecule has 9 nitrogen and oxygen atoms in total. The molecule has 0 aromatic heterocycles. The first-order chi connectivity index (χ1) is 16.1. The zero-order valence-corrected chi connectivity index (χ0v) is 20.1. The molecule has 0 bridgehead atoms. The topological polar surface area (TPSA) is 115 Å². The molecule has 0 unspecified atom stereocenters. The maximum Gasteiger partial charge on any atom is 0.407 e. The van der Waals surface area contributed by atoms with Crippen molar-refractivity contribution in [1.29, 1.82) is 0 Å². The van der Waals surface area contributed by atoms with E-state index in [1.807, 2.05) is 13.0 Å². The van der Waals surface area contributed by atoms with E-state index < -0.39 is 11.7 Å². The summed E-state index contributed by atoms with van der Waals surface area (Å²) in [6, 6.07) is 14.2. The lowest BCUT2D eigenvalue weighted by Crippen LogP contribution is -2.35. The van der Waals surface area contributed by atoms with Crippen molar-refractivity contribution in [3.63, 3.8) is 0 Å². The molecule has 0 aliphatic carbocycles. The van der Waals surface area contributed by atoms with Crippen LogP contribution in [0.5, 0.6) is 11.5 Å². The van der Waals surface area contributed by atoms with Crippen molar-refractivity contribution < 1.29 is 28.6 Å². The third-order valence-corrected chi connectivity index (χ3v) is 4.23. The fourth-order valence-electron chi connectivity index (χ4n) is 2.79. The first-order valence-electron chi connectivity index (χ1n) is 11.1. The second kappa shape index (κ2) is 13.1. The van der Waals surface area contributed by atoms with Gasteiger partial charge in [0.2, 0.25) is 5.91 Å². The summed E-state index contributed by atoms with van der Waals surface area (Å²) in [6.45, 7) is 8.11. The van der Waals surface area contributed by atoms with Gasteiger partial charge in [0.15, 0.2) is 6.61 Å². The predicted molar refractivity (Wildman–Crippen MR) is 129 cm³/mol. The van der Waals surface area contributed by atoms with Gasteiger partial charge < -0.3 is 30.2 Å². The molecule has 3 amide bonds. The summed E-state index contributed by atoms with van der Waals surface area (Å²) in [6.07, 6.45) is -0.436. The number of rotatable bonds is 11. The van der Waals surface area contributed by atoms with E-state index in [1.54, 1.807) is 63.2 Å². The van der Waals surface area contributed by atoms with Crippen LogP contribution in [0.3, 0.4) is 0 Å².